The van der Waals surface area contributed by atoms with E-state index in [-0.39, 0.29) is 29.2 Å². The summed E-state index contributed by atoms with van der Waals surface area (Å²) in [6.45, 7) is 4.31. The number of aliphatic hydroxyl groups is 1. The molecular weight excluding hydrogens is 437 g/mol. The molecule has 0 saturated carbocycles. The number of benzene rings is 2. The lowest BCUT2D eigenvalue weighted by atomic mass is 9.93. The first-order valence-corrected chi connectivity index (χ1v) is 11.1. The topological polar surface area (TPSA) is 88.7 Å². The van der Waals surface area contributed by atoms with Crippen LogP contribution in [0.4, 0.5) is 4.39 Å². The number of ether oxygens (including phenoxy) is 1. The van der Waals surface area contributed by atoms with E-state index in [1.807, 2.05) is 17.0 Å². The molecule has 4 aromatic rings. The molecule has 4 heterocycles. The number of morpholine rings is 1. The molecule has 0 radical (unpaired) electrons. The molecule has 0 bridgehead atoms. The number of fused-ring (bicyclic) bond motifs is 2. The van der Waals surface area contributed by atoms with Crippen molar-refractivity contribution in [3.05, 3.63) is 71.8 Å². The van der Waals surface area contributed by atoms with E-state index in [4.69, 9.17) is 9.15 Å². The van der Waals surface area contributed by atoms with Gasteiger partial charge in [0.1, 0.15) is 29.1 Å². The van der Waals surface area contributed by atoms with E-state index in [0.717, 1.165) is 5.56 Å². The number of amides is 1. The third-order valence-corrected chi connectivity index (χ3v) is 6.59. The van der Waals surface area contributed by atoms with E-state index >= 15 is 4.39 Å². The Morgan fingerprint density at radius 1 is 1.18 bits per heavy atom. The summed E-state index contributed by atoms with van der Waals surface area (Å²) < 4.78 is 26.7. The maximum absolute atomic E-state index is 15.3. The number of hydrogen-bond donors (Lipinski definition) is 1. The zero-order valence-corrected chi connectivity index (χ0v) is 18.7. The standard InChI is InChI=1S/C26H22FN3O4/c1-26(2,32)17-5-3-4-16(22(17)27)23-24-18(28-13-29-23)10-20(34-24)14-6-8-15(9-7-14)25(31)30-11-21-19(30)12-33-21/h3-10,13,19,21,32H,11-12H2,1-2H3/t19?,21-/m1/s1. The van der Waals surface area contributed by atoms with Gasteiger partial charge in [0.05, 0.1) is 24.4 Å². The van der Waals surface area contributed by atoms with E-state index in [9.17, 15) is 9.90 Å². The number of aromatic nitrogens is 2. The van der Waals surface area contributed by atoms with Crippen LogP contribution in [0, 0.1) is 5.82 Å². The van der Waals surface area contributed by atoms with Crippen LogP contribution < -0.4 is 0 Å². The minimum atomic E-state index is -1.34. The number of hydrogen-bond acceptors (Lipinski definition) is 6. The van der Waals surface area contributed by atoms with Crippen molar-refractivity contribution in [2.45, 2.75) is 31.6 Å². The van der Waals surface area contributed by atoms with Crippen LogP contribution in [0.5, 0.6) is 0 Å². The van der Waals surface area contributed by atoms with Crippen LogP contribution in [0.25, 0.3) is 33.7 Å². The molecule has 0 spiro atoms. The molecule has 1 unspecified atom stereocenters. The summed E-state index contributed by atoms with van der Waals surface area (Å²) in [7, 11) is 0. The molecule has 2 aromatic heterocycles. The lowest BCUT2D eigenvalue weighted by Crippen LogP contribution is -2.71. The molecule has 7 nitrogen and oxygen atoms in total. The van der Waals surface area contributed by atoms with Crippen LogP contribution in [-0.2, 0) is 10.3 Å². The van der Waals surface area contributed by atoms with E-state index in [1.54, 1.807) is 36.4 Å². The van der Waals surface area contributed by atoms with E-state index in [1.165, 1.54) is 20.2 Å². The third kappa shape index (κ3) is 3.21. The van der Waals surface area contributed by atoms with Gasteiger partial charge in [0, 0.05) is 34.9 Å². The Hall–Kier alpha value is -3.62. The Morgan fingerprint density at radius 3 is 2.62 bits per heavy atom. The largest absolute Gasteiger partial charge is 0.452 e. The first-order valence-electron chi connectivity index (χ1n) is 11.1. The number of carbonyl (C=O) groups is 1. The fourth-order valence-corrected chi connectivity index (χ4v) is 4.53. The fraction of sp³-hybridized carbons (Fsp3) is 0.269. The summed E-state index contributed by atoms with van der Waals surface area (Å²) in [5.41, 5.74) is 1.61. The maximum atomic E-state index is 15.3. The highest BCUT2D eigenvalue weighted by Crippen LogP contribution is 2.36. The van der Waals surface area contributed by atoms with Crippen LogP contribution in [-0.4, -0.2) is 51.2 Å². The molecule has 1 N–H and O–H groups in total. The molecule has 0 aliphatic carbocycles. The van der Waals surface area contributed by atoms with Gasteiger partial charge in [-0.15, -0.1) is 0 Å². The number of nitrogens with zero attached hydrogens (tertiary/aromatic N) is 3. The molecule has 172 valence electrons. The lowest BCUT2D eigenvalue weighted by Gasteiger charge is -2.54. The number of carbonyl (C=O) groups excluding carboxylic acids is 1. The minimum Gasteiger partial charge on any atom is -0.452 e. The van der Waals surface area contributed by atoms with Crippen molar-refractivity contribution in [2.24, 2.45) is 0 Å². The average molecular weight is 459 g/mol. The smallest absolute Gasteiger partial charge is 0.254 e. The highest BCUT2D eigenvalue weighted by molar-refractivity contribution is 5.96. The molecule has 1 amide bonds. The van der Waals surface area contributed by atoms with Crippen molar-refractivity contribution in [2.75, 3.05) is 13.2 Å². The molecule has 34 heavy (non-hydrogen) atoms. The lowest BCUT2D eigenvalue weighted by molar-refractivity contribution is -0.195. The zero-order chi connectivity index (χ0) is 23.6. The number of rotatable bonds is 4. The first kappa shape index (κ1) is 20.9. The van der Waals surface area contributed by atoms with E-state index < -0.39 is 11.4 Å². The van der Waals surface area contributed by atoms with Crippen LogP contribution in [0.2, 0.25) is 0 Å². The zero-order valence-electron chi connectivity index (χ0n) is 18.7. The highest BCUT2D eigenvalue weighted by Gasteiger charge is 2.49. The number of halogens is 1. The Morgan fingerprint density at radius 2 is 1.97 bits per heavy atom. The molecule has 8 heteroatoms. The second kappa shape index (κ2) is 7.44. The van der Waals surface area contributed by atoms with Crippen molar-refractivity contribution in [1.29, 1.82) is 0 Å². The summed E-state index contributed by atoms with van der Waals surface area (Å²) >= 11 is 0. The molecular formula is C26H22FN3O4. The SMILES string of the molecule is CC(C)(O)c1cccc(-c2ncnc3cc(-c4ccc(C(=O)N5C[C@H]6OCC65)cc4)oc23)c1F. The fourth-order valence-electron chi connectivity index (χ4n) is 4.53. The van der Waals surface area contributed by atoms with Gasteiger partial charge in [-0.05, 0) is 32.0 Å². The molecule has 2 aliphatic rings. The van der Waals surface area contributed by atoms with Gasteiger partial charge in [0.15, 0.2) is 5.58 Å². The summed E-state index contributed by atoms with van der Waals surface area (Å²) in [4.78, 5) is 23.1. The predicted molar refractivity (Wildman–Crippen MR) is 122 cm³/mol. The number of likely N-dealkylation sites (tertiary alicyclic amines) is 1. The van der Waals surface area contributed by atoms with Gasteiger partial charge in [-0.2, -0.15) is 0 Å². The van der Waals surface area contributed by atoms with E-state index in [2.05, 4.69) is 9.97 Å². The summed E-state index contributed by atoms with van der Waals surface area (Å²) in [6, 6.07) is 14.0. The van der Waals surface area contributed by atoms with Gasteiger partial charge >= 0.3 is 0 Å². The van der Waals surface area contributed by atoms with Gasteiger partial charge in [-0.1, -0.05) is 24.3 Å². The van der Waals surface area contributed by atoms with Crippen LogP contribution >= 0.6 is 0 Å². The van der Waals surface area contributed by atoms with Gasteiger partial charge in [-0.25, -0.2) is 14.4 Å². The van der Waals surface area contributed by atoms with Crippen molar-refractivity contribution in [1.82, 2.24) is 14.9 Å². The van der Waals surface area contributed by atoms with Crippen molar-refractivity contribution in [3.63, 3.8) is 0 Å². The van der Waals surface area contributed by atoms with Crippen molar-refractivity contribution in [3.8, 4) is 22.6 Å². The summed E-state index contributed by atoms with van der Waals surface area (Å²) in [6.07, 6.45) is 1.56. The second-order valence-electron chi connectivity index (χ2n) is 9.25. The molecule has 6 rings (SSSR count). The normalized spacial score (nSPS) is 19.5. The molecule has 2 atom stereocenters. The maximum Gasteiger partial charge on any atom is 0.254 e. The van der Waals surface area contributed by atoms with Crippen LogP contribution in [0.15, 0.2) is 59.3 Å². The van der Waals surface area contributed by atoms with Crippen LogP contribution in [0.1, 0.15) is 29.8 Å². The molecule has 2 aromatic carbocycles. The van der Waals surface area contributed by atoms with Crippen molar-refractivity contribution >= 4 is 17.0 Å². The predicted octanol–water partition coefficient (Wildman–Crippen LogP) is 4.15. The summed E-state index contributed by atoms with van der Waals surface area (Å²) in [5, 5.41) is 10.3. The number of furan rings is 1. The molecule has 2 aliphatic heterocycles. The van der Waals surface area contributed by atoms with Gasteiger partial charge < -0.3 is 19.2 Å². The van der Waals surface area contributed by atoms with Crippen LogP contribution in [0.3, 0.4) is 0 Å². The monoisotopic (exact) mass is 459 g/mol. The Kier molecular flexibility index (Phi) is 4.59. The Balaban J connectivity index is 1.34. The second-order valence-corrected chi connectivity index (χ2v) is 9.25. The van der Waals surface area contributed by atoms with Gasteiger partial charge in [-0.3, -0.25) is 4.79 Å². The quantitative estimate of drug-likeness (QED) is 0.493. The molecule has 2 saturated heterocycles. The minimum absolute atomic E-state index is 0.00368. The van der Waals surface area contributed by atoms with E-state index in [0.29, 0.717) is 41.3 Å². The van der Waals surface area contributed by atoms with Crippen molar-refractivity contribution < 1.29 is 23.4 Å². The summed E-state index contributed by atoms with van der Waals surface area (Å²) in [5.74, 6) is -0.0249. The Labute approximate surface area is 194 Å². The third-order valence-electron chi connectivity index (χ3n) is 6.59. The Bertz CT molecular complexity index is 1420. The highest BCUT2D eigenvalue weighted by atomic mass is 19.1. The van der Waals surface area contributed by atoms with Gasteiger partial charge in [0.25, 0.3) is 5.91 Å². The first-order chi connectivity index (χ1) is 16.3. The molecule has 2 fully saturated rings. The van der Waals surface area contributed by atoms with Gasteiger partial charge in [0.2, 0.25) is 0 Å². The average Bonchev–Trinajstić information content (AvgIpc) is 3.24.